The fourth-order valence-corrected chi connectivity index (χ4v) is 1.38. The van der Waals surface area contributed by atoms with E-state index in [-0.39, 0.29) is 18.3 Å². The molecule has 0 saturated carbocycles. The Morgan fingerprint density at radius 2 is 2.23 bits per heavy atom. The lowest BCUT2D eigenvalue weighted by atomic mass is 10.0. The van der Waals surface area contributed by atoms with E-state index in [0.717, 1.165) is 0 Å². The maximum absolute atomic E-state index is 13.2. The molecule has 1 N–H and O–H groups in total. The highest BCUT2D eigenvalue weighted by Gasteiger charge is 2.10. The van der Waals surface area contributed by atoms with E-state index in [2.05, 4.69) is 0 Å². The molecule has 72 valence electrons. The highest BCUT2D eigenvalue weighted by molar-refractivity contribution is 6.31. The molecule has 3 heteroatoms. The quantitative estimate of drug-likeness (QED) is 0.799. The Morgan fingerprint density at radius 3 is 2.77 bits per heavy atom. The van der Waals surface area contributed by atoms with Gasteiger partial charge in [-0.05, 0) is 24.5 Å². The average molecular weight is 203 g/mol. The van der Waals surface area contributed by atoms with Crippen LogP contribution in [0.3, 0.4) is 0 Å². The van der Waals surface area contributed by atoms with Crippen LogP contribution < -0.4 is 0 Å². The summed E-state index contributed by atoms with van der Waals surface area (Å²) in [6.07, 6.45) is 0.474. The number of hydrogen-bond acceptors (Lipinski definition) is 1. The maximum atomic E-state index is 13.2. The molecular weight excluding hydrogens is 191 g/mol. The number of benzene rings is 1. The molecule has 0 aliphatic heterocycles. The lowest BCUT2D eigenvalue weighted by Crippen LogP contribution is -2.06. The molecular formula is C10H12ClFO. The zero-order valence-corrected chi connectivity index (χ0v) is 8.18. The van der Waals surface area contributed by atoms with Crippen molar-refractivity contribution in [3.05, 3.63) is 34.6 Å². The fraction of sp³-hybridized carbons (Fsp3) is 0.400. The lowest BCUT2D eigenvalue weighted by Gasteiger charge is -2.09. The Hall–Kier alpha value is -0.600. The van der Waals surface area contributed by atoms with E-state index < -0.39 is 0 Å². The second-order valence-electron chi connectivity index (χ2n) is 3.19. The first kappa shape index (κ1) is 10.5. The maximum Gasteiger partial charge on any atom is 0.127 e. The molecule has 13 heavy (non-hydrogen) atoms. The van der Waals surface area contributed by atoms with Gasteiger partial charge in [0.05, 0.1) is 0 Å². The Labute approximate surface area is 82.2 Å². The molecule has 1 rings (SSSR count). The summed E-state index contributed by atoms with van der Waals surface area (Å²) in [5.74, 6) is -0.262. The summed E-state index contributed by atoms with van der Waals surface area (Å²) < 4.78 is 13.2. The molecule has 0 fully saturated rings. The minimum Gasteiger partial charge on any atom is -0.396 e. The molecule has 0 saturated heterocycles. The first-order valence-electron chi connectivity index (χ1n) is 4.19. The predicted octanol–water partition coefficient (Wildman–Crippen LogP) is 2.65. The third kappa shape index (κ3) is 2.68. The van der Waals surface area contributed by atoms with Crippen molar-refractivity contribution in [2.75, 3.05) is 6.61 Å². The van der Waals surface area contributed by atoms with Crippen LogP contribution in [0.4, 0.5) is 4.39 Å². The number of hydrogen-bond donors (Lipinski definition) is 1. The van der Waals surface area contributed by atoms with Gasteiger partial charge in [0, 0.05) is 17.2 Å². The molecule has 0 spiro atoms. The monoisotopic (exact) mass is 202 g/mol. The van der Waals surface area contributed by atoms with Crippen molar-refractivity contribution in [2.45, 2.75) is 13.3 Å². The van der Waals surface area contributed by atoms with Gasteiger partial charge in [-0.15, -0.1) is 0 Å². The first-order chi connectivity index (χ1) is 6.15. The van der Waals surface area contributed by atoms with Gasteiger partial charge in [0.2, 0.25) is 0 Å². The molecule has 0 heterocycles. The predicted molar refractivity (Wildman–Crippen MR) is 51.4 cm³/mol. The minimum atomic E-state index is -0.298. The van der Waals surface area contributed by atoms with Gasteiger partial charge in [-0.2, -0.15) is 0 Å². The zero-order valence-electron chi connectivity index (χ0n) is 7.43. The molecule has 1 atom stereocenters. The summed E-state index contributed by atoms with van der Waals surface area (Å²) in [5.41, 5.74) is 0.491. The molecule has 0 radical (unpaired) electrons. The molecule has 1 aromatic carbocycles. The second kappa shape index (κ2) is 4.58. The third-order valence-corrected chi connectivity index (χ3v) is 2.28. The summed E-state index contributed by atoms with van der Waals surface area (Å²) in [4.78, 5) is 0. The van der Waals surface area contributed by atoms with Gasteiger partial charge in [0.15, 0.2) is 0 Å². The highest BCUT2D eigenvalue weighted by atomic mass is 35.5. The van der Waals surface area contributed by atoms with Crippen LogP contribution >= 0.6 is 11.6 Å². The van der Waals surface area contributed by atoms with Crippen LogP contribution in [0.2, 0.25) is 5.02 Å². The number of aliphatic hydroxyl groups is 1. The van der Waals surface area contributed by atoms with Gasteiger partial charge >= 0.3 is 0 Å². The Morgan fingerprint density at radius 1 is 1.54 bits per heavy atom. The summed E-state index contributed by atoms with van der Waals surface area (Å²) in [7, 11) is 0. The summed E-state index contributed by atoms with van der Waals surface area (Å²) in [6, 6.07) is 4.61. The standard InChI is InChI=1S/C10H12ClFO/c1-7(6-13)5-8-9(11)3-2-4-10(8)12/h2-4,7,13H,5-6H2,1H3. The molecule has 0 bridgehead atoms. The highest BCUT2D eigenvalue weighted by Crippen LogP contribution is 2.21. The van der Waals surface area contributed by atoms with Gasteiger partial charge in [0.1, 0.15) is 5.82 Å². The van der Waals surface area contributed by atoms with Crippen LogP contribution in [0.15, 0.2) is 18.2 Å². The zero-order chi connectivity index (χ0) is 9.84. The van der Waals surface area contributed by atoms with E-state index in [9.17, 15) is 4.39 Å². The summed E-state index contributed by atoms with van der Waals surface area (Å²) >= 11 is 5.81. The van der Waals surface area contributed by atoms with Gasteiger partial charge in [-0.3, -0.25) is 0 Å². The van der Waals surface area contributed by atoms with Crippen molar-refractivity contribution in [1.82, 2.24) is 0 Å². The van der Waals surface area contributed by atoms with Crippen molar-refractivity contribution in [3.63, 3.8) is 0 Å². The average Bonchev–Trinajstić information content (AvgIpc) is 2.11. The van der Waals surface area contributed by atoms with Crippen LogP contribution in [0.5, 0.6) is 0 Å². The molecule has 0 aromatic heterocycles. The summed E-state index contributed by atoms with van der Waals surface area (Å²) in [5, 5.41) is 9.24. The molecule has 1 unspecified atom stereocenters. The normalized spacial score (nSPS) is 12.9. The van der Waals surface area contributed by atoms with Gasteiger partial charge in [-0.25, -0.2) is 4.39 Å². The van der Waals surface area contributed by atoms with Crippen molar-refractivity contribution >= 4 is 11.6 Å². The van der Waals surface area contributed by atoms with Gasteiger partial charge in [0.25, 0.3) is 0 Å². The fourth-order valence-electron chi connectivity index (χ4n) is 1.14. The van der Waals surface area contributed by atoms with Gasteiger partial charge in [-0.1, -0.05) is 24.6 Å². The largest absolute Gasteiger partial charge is 0.396 e. The molecule has 1 nitrogen and oxygen atoms in total. The van der Waals surface area contributed by atoms with Crippen LogP contribution in [0, 0.1) is 11.7 Å². The molecule has 1 aromatic rings. The molecule has 0 aliphatic rings. The van der Waals surface area contributed by atoms with Crippen LogP contribution in [-0.4, -0.2) is 11.7 Å². The Balaban J connectivity index is 2.87. The van der Waals surface area contributed by atoms with E-state index >= 15 is 0 Å². The third-order valence-electron chi connectivity index (χ3n) is 1.93. The van der Waals surface area contributed by atoms with Crippen LogP contribution in [-0.2, 0) is 6.42 Å². The summed E-state index contributed by atoms with van der Waals surface area (Å²) in [6.45, 7) is 1.90. The van der Waals surface area contributed by atoms with Crippen molar-refractivity contribution in [2.24, 2.45) is 5.92 Å². The van der Waals surface area contributed by atoms with E-state index in [0.29, 0.717) is 17.0 Å². The van der Waals surface area contributed by atoms with E-state index in [1.165, 1.54) is 6.07 Å². The minimum absolute atomic E-state index is 0.0365. The SMILES string of the molecule is CC(CO)Cc1c(F)cccc1Cl. The molecule has 0 aliphatic carbocycles. The lowest BCUT2D eigenvalue weighted by molar-refractivity contribution is 0.236. The van der Waals surface area contributed by atoms with Gasteiger partial charge < -0.3 is 5.11 Å². The van der Waals surface area contributed by atoms with E-state index in [4.69, 9.17) is 16.7 Å². The molecule has 0 amide bonds. The van der Waals surface area contributed by atoms with Crippen LogP contribution in [0.25, 0.3) is 0 Å². The van der Waals surface area contributed by atoms with E-state index in [1.54, 1.807) is 12.1 Å². The smallest absolute Gasteiger partial charge is 0.127 e. The van der Waals surface area contributed by atoms with Crippen LogP contribution in [0.1, 0.15) is 12.5 Å². The number of rotatable bonds is 3. The van der Waals surface area contributed by atoms with E-state index in [1.807, 2.05) is 6.92 Å². The van der Waals surface area contributed by atoms with Crippen molar-refractivity contribution in [3.8, 4) is 0 Å². The first-order valence-corrected chi connectivity index (χ1v) is 4.56. The number of halogens is 2. The van der Waals surface area contributed by atoms with Crippen molar-refractivity contribution < 1.29 is 9.50 Å². The Kier molecular flexibility index (Phi) is 3.70. The number of aliphatic hydroxyl groups excluding tert-OH is 1. The van der Waals surface area contributed by atoms with Crippen molar-refractivity contribution in [1.29, 1.82) is 0 Å². The Bertz CT molecular complexity index is 268. The second-order valence-corrected chi connectivity index (χ2v) is 3.60. The topological polar surface area (TPSA) is 20.2 Å².